The lowest BCUT2D eigenvalue weighted by atomic mass is 9.87. The van der Waals surface area contributed by atoms with Gasteiger partial charge in [0.1, 0.15) is 5.75 Å². The van der Waals surface area contributed by atoms with Gasteiger partial charge in [0.25, 0.3) is 0 Å². The molecule has 0 fully saturated rings. The van der Waals surface area contributed by atoms with Crippen molar-refractivity contribution in [2.24, 2.45) is 0 Å². The van der Waals surface area contributed by atoms with Crippen LogP contribution < -0.4 is 18.9 Å². The minimum atomic E-state index is -0.686. The van der Waals surface area contributed by atoms with Gasteiger partial charge in [-0.05, 0) is 23.6 Å². The van der Waals surface area contributed by atoms with Gasteiger partial charge in [-0.2, -0.15) is 0 Å². The predicted molar refractivity (Wildman–Crippen MR) is 112 cm³/mol. The molecule has 1 heterocycles. The maximum absolute atomic E-state index is 12.9. The second kappa shape index (κ2) is 7.71. The molecule has 1 aliphatic rings. The van der Waals surface area contributed by atoms with Crippen LogP contribution in [0.15, 0.2) is 30.3 Å². The number of carbonyl (C=O) groups is 2. The number of fused-ring (bicyclic) bond motifs is 2. The summed E-state index contributed by atoms with van der Waals surface area (Å²) in [4.78, 5) is 25.5. The van der Waals surface area contributed by atoms with E-state index in [9.17, 15) is 9.59 Å². The van der Waals surface area contributed by atoms with E-state index in [-0.39, 0.29) is 11.1 Å². The van der Waals surface area contributed by atoms with E-state index in [1.165, 1.54) is 35.5 Å². The first-order valence-corrected chi connectivity index (χ1v) is 9.27. The molecule has 31 heavy (non-hydrogen) atoms. The van der Waals surface area contributed by atoms with Crippen molar-refractivity contribution >= 4 is 22.7 Å². The maximum atomic E-state index is 12.9. The predicted octanol–water partition coefficient (Wildman–Crippen LogP) is 4.21. The zero-order valence-corrected chi connectivity index (χ0v) is 17.7. The van der Waals surface area contributed by atoms with Crippen LogP contribution in [0.1, 0.15) is 20.7 Å². The van der Waals surface area contributed by atoms with Crippen molar-refractivity contribution in [3.63, 3.8) is 0 Å². The molecule has 4 rings (SSSR count). The lowest BCUT2D eigenvalue weighted by molar-refractivity contribution is 0.0556. The summed E-state index contributed by atoms with van der Waals surface area (Å²) >= 11 is 0. The van der Waals surface area contributed by atoms with E-state index in [1.807, 2.05) is 0 Å². The molecule has 0 atom stereocenters. The Morgan fingerprint density at radius 1 is 0.774 bits per heavy atom. The van der Waals surface area contributed by atoms with Gasteiger partial charge in [0.15, 0.2) is 23.0 Å². The highest BCUT2D eigenvalue weighted by atomic mass is 16.5. The first kappa shape index (κ1) is 20.3. The summed E-state index contributed by atoms with van der Waals surface area (Å²) in [6.07, 6.45) is 0. The first-order chi connectivity index (χ1) is 15.0. The minimum Gasteiger partial charge on any atom is -0.493 e. The van der Waals surface area contributed by atoms with Crippen LogP contribution in [-0.4, -0.2) is 47.5 Å². The Kier molecular flexibility index (Phi) is 5.06. The fourth-order valence-electron chi connectivity index (χ4n) is 3.81. The number of hydrogen-bond acceptors (Lipinski definition) is 8. The highest BCUT2D eigenvalue weighted by Gasteiger charge is 2.33. The van der Waals surface area contributed by atoms with Crippen molar-refractivity contribution in [2.75, 3.05) is 35.5 Å². The molecule has 0 aliphatic carbocycles. The lowest BCUT2D eigenvalue weighted by Crippen LogP contribution is -2.15. The standard InChI is InChI=1S/C23H20O8/c1-26-14-7-6-11-8-13(22(24)29-4)20(23(25)30-5)19-12-9-16(27-2)17(28-3)10-15(12)31-21(14)18(11)19/h6-10H,1-5H3. The van der Waals surface area contributed by atoms with Crippen molar-refractivity contribution in [3.05, 3.63) is 41.5 Å². The zero-order chi connectivity index (χ0) is 22.3. The summed E-state index contributed by atoms with van der Waals surface area (Å²) in [7, 11) is 7.05. The Labute approximate surface area is 178 Å². The Hall–Kier alpha value is -3.94. The van der Waals surface area contributed by atoms with E-state index >= 15 is 0 Å². The molecule has 160 valence electrons. The van der Waals surface area contributed by atoms with E-state index in [2.05, 4.69) is 0 Å². The second-order valence-electron chi connectivity index (χ2n) is 6.66. The molecule has 0 spiro atoms. The Morgan fingerprint density at radius 2 is 1.42 bits per heavy atom. The van der Waals surface area contributed by atoms with E-state index < -0.39 is 11.9 Å². The van der Waals surface area contributed by atoms with Crippen molar-refractivity contribution < 1.29 is 38.0 Å². The smallest absolute Gasteiger partial charge is 0.339 e. The third kappa shape index (κ3) is 2.99. The Bertz CT molecular complexity index is 1230. The molecule has 0 saturated heterocycles. The van der Waals surface area contributed by atoms with Gasteiger partial charge in [-0.25, -0.2) is 9.59 Å². The van der Waals surface area contributed by atoms with E-state index in [1.54, 1.807) is 30.3 Å². The topological polar surface area (TPSA) is 89.5 Å². The van der Waals surface area contributed by atoms with Gasteiger partial charge in [0.05, 0.1) is 46.7 Å². The average Bonchev–Trinajstić information content (AvgIpc) is 2.81. The van der Waals surface area contributed by atoms with E-state index in [4.69, 9.17) is 28.4 Å². The summed E-state index contributed by atoms with van der Waals surface area (Å²) < 4.78 is 32.5. The average molecular weight is 424 g/mol. The normalized spacial score (nSPS) is 11.3. The minimum absolute atomic E-state index is 0.0631. The fraction of sp³-hybridized carbons (Fsp3) is 0.217. The highest BCUT2D eigenvalue weighted by molar-refractivity contribution is 6.18. The first-order valence-electron chi connectivity index (χ1n) is 9.27. The van der Waals surface area contributed by atoms with Gasteiger partial charge < -0.3 is 28.4 Å². The molecule has 8 heteroatoms. The quantitative estimate of drug-likeness (QED) is 0.440. The molecule has 0 N–H and O–H groups in total. The number of carbonyl (C=O) groups excluding carboxylic acids is 2. The van der Waals surface area contributed by atoms with Crippen molar-refractivity contribution in [2.45, 2.75) is 0 Å². The highest BCUT2D eigenvalue weighted by Crippen LogP contribution is 2.54. The van der Waals surface area contributed by atoms with E-state index in [0.29, 0.717) is 50.6 Å². The van der Waals surface area contributed by atoms with Crippen LogP contribution in [0.3, 0.4) is 0 Å². The number of rotatable bonds is 5. The van der Waals surface area contributed by atoms with Gasteiger partial charge >= 0.3 is 11.9 Å². The largest absolute Gasteiger partial charge is 0.493 e. The van der Waals surface area contributed by atoms with Crippen LogP contribution in [0.25, 0.3) is 21.9 Å². The number of ether oxygens (including phenoxy) is 6. The molecule has 0 amide bonds. The molecule has 0 radical (unpaired) electrons. The molecule has 0 saturated carbocycles. The molecule has 0 bridgehead atoms. The van der Waals surface area contributed by atoms with Crippen LogP contribution in [0, 0.1) is 0 Å². The lowest BCUT2D eigenvalue weighted by Gasteiger charge is -2.26. The molecular weight excluding hydrogens is 404 g/mol. The second-order valence-corrected chi connectivity index (χ2v) is 6.66. The number of hydrogen-bond donors (Lipinski definition) is 0. The fourth-order valence-corrected chi connectivity index (χ4v) is 3.81. The Morgan fingerprint density at radius 3 is 2.03 bits per heavy atom. The van der Waals surface area contributed by atoms with Crippen LogP contribution >= 0.6 is 0 Å². The molecule has 8 nitrogen and oxygen atoms in total. The van der Waals surface area contributed by atoms with Gasteiger partial charge in [-0.15, -0.1) is 0 Å². The molecule has 3 aromatic rings. The van der Waals surface area contributed by atoms with Crippen LogP contribution in [-0.2, 0) is 9.47 Å². The SMILES string of the molecule is COC(=O)c1cc2ccc(OC)c3c2c(c1C(=O)OC)-c1cc(OC)c(OC)cc1O3. The number of esters is 2. The molecule has 0 aromatic heterocycles. The molecule has 1 aliphatic heterocycles. The van der Waals surface area contributed by atoms with Gasteiger partial charge in [-0.3, -0.25) is 0 Å². The maximum Gasteiger partial charge on any atom is 0.339 e. The summed E-state index contributed by atoms with van der Waals surface area (Å²) in [5, 5.41) is 1.27. The van der Waals surface area contributed by atoms with Crippen LogP contribution in [0.5, 0.6) is 28.7 Å². The number of benzene rings is 3. The van der Waals surface area contributed by atoms with Crippen LogP contribution in [0.2, 0.25) is 0 Å². The van der Waals surface area contributed by atoms with Gasteiger partial charge in [0, 0.05) is 22.6 Å². The van der Waals surface area contributed by atoms with Crippen molar-refractivity contribution in [1.82, 2.24) is 0 Å². The van der Waals surface area contributed by atoms with E-state index in [0.717, 1.165) is 0 Å². The number of methoxy groups -OCH3 is 5. The molecule has 3 aromatic carbocycles. The van der Waals surface area contributed by atoms with Crippen LogP contribution in [0.4, 0.5) is 0 Å². The van der Waals surface area contributed by atoms with Gasteiger partial charge in [-0.1, -0.05) is 6.07 Å². The van der Waals surface area contributed by atoms with Crippen molar-refractivity contribution in [1.29, 1.82) is 0 Å². The summed E-state index contributed by atoms with van der Waals surface area (Å²) in [6.45, 7) is 0. The van der Waals surface area contributed by atoms with Gasteiger partial charge in [0.2, 0.25) is 0 Å². The van der Waals surface area contributed by atoms with Crippen molar-refractivity contribution in [3.8, 4) is 39.9 Å². The summed E-state index contributed by atoms with van der Waals surface area (Å²) in [6, 6.07) is 8.44. The molecular formula is C23H20O8. The molecule has 0 unspecified atom stereocenters. The monoisotopic (exact) mass is 424 g/mol. The summed E-state index contributed by atoms with van der Waals surface area (Å²) in [5.74, 6) is 0.816. The third-order valence-electron chi connectivity index (χ3n) is 5.20. The summed E-state index contributed by atoms with van der Waals surface area (Å²) in [5.41, 5.74) is 1.14. The Balaban J connectivity index is 2.23. The zero-order valence-electron chi connectivity index (χ0n) is 17.7. The third-order valence-corrected chi connectivity index (χ3v) is 5.20.